The summed E-state index contributed by atoms with van der Waals surface area (Å²) < 4.78 is 69.7. The molecule has 2 fully saturated rings. The third-order valence-electron chi connectivity index (χ3n) is 5.26. The lowest BCUT2D eigenvalue weighted by Crippen LogP contribution is -2.33. The number of carboxylic acids is 2. The Labute approximate surface area is 216 Å². The van der Waals surface area contributed by atoms with Crippen LogP contribution in [0.5, 0.6) is 0 Å². The van der Waals surface area contributed by atoms with Crippen LogP contribution >= 0.6 is 11.3 Å². The van der Waals surface area contributed by atoms with Crippen LogP contribution in [-0.4, -0.2) is 75.7 Å². The van der Waals surface area contributed by atoms with E-state index in [0.717, 1.165) is 38.3 Å². The molecule has 4 heterocycles. The predicted molar refractivity (Wildman–Crippen MR) is 121 cm³/mol. The van der Waals surface area contributed by atoms with Gasteiger partial charge in [0.1, 0.15) is 17.6 Å². The summed E-state index contributed by atoms with van der Waals surface area (Å²) >= 11 is 1.82. The molecular formula is C22H22F6N4O5S. The van der Waals surface area contributed by atoms with Crippen molar-refractivity contribution in [3.8, 4) is 6.07 Å². The predicted octanol–water partition coefficient (Wildman–Crippen LogP) is 4.13. The molecule has 0 saturated carbocycles. The van der Waals surface area contributed by atoms with Crippen LogP contribution < -0.4 is 5.32 Å². The summed E-state index contributed by atoms with van der Waals surface area (Å²) in [4.78, 5) is 26.0. The molecule has 38 heavy (non-hydrogen) atoms. The lowest BCUT2D eigenvalue weighted by atomic mass is 9.97. The first-order chi connectivity index (χ1) is 17.6. The maximum atomic E-state index is 10.6. The van der Waals surface area contributed by atoms with E-state index in [-0.39, 0.29) is 11.6 Å². The van der Waals surface area contributed by atoms with E-state index in [1.807, 2.05) is 23.5 Å². The van der Waals surface area contributed by atoms with Gasteiger partial charge in [0.2, 0.25) is 0 Å². The van der Waals surface area contributed by atoms with Crippen molar-refractivity contribution in [2.24, 2.45) is 0 Å². The topological polar surface area (TPSA) is 136 Å². The molecule has 16 heteroatoms. The number of likely N-dealkylation sites (tertiary alicyclic amines) is 1. The average molecular weight is 568 g/mol. The van der Waals surface area contributed by atoms with Crippen LogP contribution in [0.2, 0.25) is 0 Å². The molecule has 0 aromatic carbocycles. The van der Waals surface area contributed by atoms with E-state index in [4.69, 9.17) is 29.8 Å². The summed E-state index contributed by atoms with van der Waals surface area (Å²) in [6, 6.07) is 12.1. The minimum Gasteiger partial charge on any atom is -0.475 e. The molecule has 0 amide bonds. The number of nitrogens with zero attached hydrogens (tertiary/aromatic N) is 3. The van der Waals surface area contributed by atoms with Crippen LogP contribution in [0.1, 0.15) is 23.4 Å². The third-order valence-corrected chi connectivity index (χ3v) is 6.13. The number of carbonyl (C=O) groups is 2. The number of rotatable bonds is 4. The zero-order chi connectivity index (χ0) is 28.6. The van der Waals surface area contributed by atoms with Crippen LogP contribution in [0, 0.1) is 11.3 Å². The number of carboxylic acid groups (broad SMARTS) is 2. The van der Waals surface area contributed by atoms with Crippen molar-refractivity contribution in [2.45, 2.75) is 43.4 Å². The maximum Gasteiger partial charge on any atom is 0.490 e. The van der Waals surface area contributed by atoms with Crippen molar-refractivity contribution >= 4 is 29.1 Å². The van der Waals surface area contributed by atoms with Gasteiger partial charge in [0, 0.05) is 30.9 Å². The van der Waals surface area contributed by atoms with E-state index in [9.17, 15) is 26.3 Å². The molecule has 9 nitrogen and oxygen atoms in total. The normalized spacial score (nSPS) is 21.0. The molecule has 2 aromatic rings. The van der Waals surface area contributed by atoms with E-state index in [1.54, 1.807) is 6.07 Å². The zero-order valence-corrected chi connectivity index (χ0v) is 20.2. The van der Waals surface area contributed by atoms with Crippen molar-refractivity contribution in [1.29, 1.82) is 5.26 Å². The van der Waals surface area contributed by atoms with Crippen LogP contribution in [-0.2, 0) is 20.9 Å². The molecule has 208 valence electrons. The summed E-state index contributed by atoms with van der Waals surface area (Å²) in [6.45, 7) is 3.81. The Morgan fingerprint density at radius 1 is 1.16 bits per heavy atom. The van der Waals surface area contributed by atoms with Crippen molar-refractivity contribution in [3.63, 3.8) is 0 Å². The Kier molecular flexibility index (Phi) is 10.5. The molecule has 2 unspecified atom stereocenters. The second kappa shape index (κ2) is 12.9. The number of aromatic nitrogens is 1. The summed E-state index contributed by atoms with van der Waals surface area (Å²) in [7, 11) is 0. The summed E-state index contributed by atoms with van der Waals surface area (Å²) in [5.41, 5.74) is 0.415. The highest BCUT2D eigenvalue weighted by Gasteiger charge is 2.45. The highest BCUT2D eigenvalue weighted by atomic mass is 32.1. The van der Waals surface area contributed by atoms with Crippen LogP contribution in [0.15, 0.2) is 35.7 Å². The molecule has 4 rings (SSSR count). The van der Waals surface area contributed by atoms with E-state index in [1.165, 1.54) is 4.88 Å². The van der Waals surface area contributed by atoms with Gasteiger partial charge in [-0.1, -0.05) is 12.1 Å². The number of hydrogen-bond acceptors (Lipinski definition) is 8. The van der Waals surface area contributed by atoms with E-state index < -0.39 is 24.3 Å². The molecule has 2 aliphatic heterocycles. The second-order valence-corrected chi connectivity index (χ2v) is 9.24. The maximum absolute atomic E-state index is 10.6. The number of hydrogen-bond donors (Lipinski definition) is 3. The van der Waals surface area contributed by atoms with Gasteiger partial charge in [-0.05, 0) is 30.0 Å². The molecule has 0 aliphatic carbocycles. The second-order valence-electron chi connectivity index (χ2n) is 8.21. The summed E-state index contributed by atoms with van der Waals surface area (Å²) in [5.74, 6) is -4.76. The molecule has 2 saturated heterocycles. The Morgan fingerprint density at radius 2 is 1.79 bits per heavy atom. The van der Waals surface area contributed by atoms with Crippen molar-refractivity contribution in [3.05, 3.63) is 46.3 Å². The fourth-order valence-electron chi connectivity index (χ4n) is 3.69. The van der Waals surface area contributed by atoms with Gasteiger partial charge in [-0.25, -0.2) is 14.6 Å². The lowest BCUT2D eigenvalue weighted by Gasteiger charge is -2.23. The fraction of sp³-hybridized carbons (Fsp3) is 0.455. The van der Waals surface area contributed by atoms with Gasteiger partial charge in [0.15, 0.2) is 0 Å². The smallest absolute Gasteiger partial charge is 0.475 e. The summed E-state index contributed by atoms with van der Waals surface area (Å²) in [6.07, 6.45) is -8.09. The number of nitrogens with one attached hydrogen (secondary N) is 1. The Bertz CT molecular complexity index is 1100. The lowest BCUT2D eigenvalue weighted by molar-refractivity contribution is -0.193. The molecular weight excluding hydrogens is 546 g/mol. The molecule has 1 spiro atoms. The number of thiophene rings is 1. The van der Waals surface area contributed by atoms with Gasteiger partial charge in [0.25, 0.3) is 0 Å². The average Bonchev–Trinajstić information content (AvgIpc) is 3.57. The van der Waals surface area contributed by atoms with Crippen molar-refractivity contribution in [1.82, 2.24) is 9.88 Å². The quantitative estimate of drug-likeness (QED) is 0.465. The highest BCUT2D eigenvalue weighted by molar-refractivity contribution is 7.09. The van der Waals surface area contributed by atoms with Crippen LogP contribution in [0.25, 0.3) is 0 Å². The SMILES string of the molecule is N#Cc1cccc(NC2COC3(CCN(Cc4cccs4)C3)C2)n1.O=C(O)C(F)(F)F.O=C(O)C(F)(F)F. The minimum absolute atomic E-state index is 0.0260. The first kappa shape index (κ1) is 30.8. The monoisotopic (exact) mass is 568 g/mol. The number of anilines is 1. The van der Waals surface area contributed by atoms with Gasteiger partial charge in [-0.3, -0.25) is 4.90 Å². The fourth-order valence-corrected chi connectivity index (χ4v) is 4.44. The van der Waals surface area contributed by atoms with E-state index in [0.29, 0.717) is 12.3 Å². The van der Waals surface area contributed by atoms with Crippen molar-refractivity contribution < 1.29 is 50.9 Å². The van der Waals surface area contributed by atoms with E-state index >= 15 is 0 Å². The first-order valence-electron chi connectivity index (χ1n) is 10.8. The number of nitriles is 1. The molecule has 2 atom stereocenters. The standard InChI is InChI=1S/C18H20N4OS.2C2HF3O2/c19-10-14-3-1-5-17(20-14)21-15-9-18(23-12-15)6-7-22(13-18)11-16-4-2-8-24-16;2*3-2(4,5)1(6)7/h1-5,8,15H,6-7,9,11-13H2,(H,20,21);2*(H,6,7). The highest BCUT2D eigenvalue weighted by Crippen LogP contribution is 2.36. The Balaban J connectivity index is 0.000000301. The van der Waals surface area contributed by atoms with Gasteiger partial charge >= 0.3 is 24.3 Å². The Hall–Kier alpha value is -3.42. The van der Waals surface area contributed by atoms with Crippen molar-refractivity contribution in [2.75, 3.05) is 25.0 Å². The molecule has 0 bridgehead atoms. The van der Waals surface area contributed by atoms with Gasteiger partial charge < -0.3 is 20.3 Å². The molecule has 3 N–H and O–H groups in total. The largest absolute Gasteiger partial charge is 0.490 e. The number of aliphatic carboxylic acids is 2. The number of halogens is 6. The van der Waals surface area contributed by atoms with Crippen LogP contribution in [0.4, 0.5) is 32.2 Å². The number of alkyl halides is 6. The first-order valence-corrected chi connectivity index (χ1v) is 11.6. The Morgan fingerprint density at radius 3 is 2.32 bits per heavy atom. The third kappa shape index (κ3) is 9.80. The molecule has 2 aromatic heterocycles. The summed E-state index contributed by atoms with van der Waals surface area (Å²) in [5, 5.41) is 28.8. The molecule has 2 aliphatic rings. The zero-order valence-electron chi connectivity index (χ0n) is 19.4. The minimum atomic E-state index is -5.08. The van der Waals surface area contributed by atoms with Gasteiger partial charge in [0.05, 0.1) is 18.2 Å². The molecule has 0 radical (unpaired) electrons. The van der Waals surface area contributed by atoms with E-state index in [2.05, 4.69) is 38.8 Å². The van der Waals surface area contributed by atoms with Gasteiger partial charge in [-0.15, -0.1) is 11.3 Å². The van der Waals surface area contributed by atoms with Crippen LogP contribution in [0.3, 0.4) is 0 Å². The number of pyridine rings is 1. The number of ether oxygens (including phenoxy) is 1. The van der Waals surface area contributed by atoms with Gasteiger partial charge in [-0.2, -0.15) is 31.6 Å².